The van der Waals surface area contributed by atoms with E-state index in [0.717, 1.165) is 35.0 Å². The Morgan fingerprint density at radius 1 is 1.00 bits per heavy atom. The van der Waals surface area contributed by atoms with Gasteiger partial charge in [0.2, 0.25) is 11.8 Å². The van der Waals surface area contributed by atoms with Gasteiger partial charge in [0.15, 0.2) is 0 Å². The predicted molar refractivity (Wildman–Crippen MR) is 107 cm³/mol. The Morgan fingerprint density at radius 2 is 1.65 bits per heavy atom. The molecule has 1 fully saturated rings. The highest BCUT2D eigenvalue weighted by Crippen LogP contribution is 2.22. The fourth-order valence-electron chi connectivity index (χ4n) is 3.26. The molecule has 4 nitrogen and oxygen atoms in total. The van der Waals surface area contributed by atoms with Gasteiger partial charge in [-0.3, -0.25) is 9.59 Å². The molecular weight excluding hydrogens is 392 g/mol. The molecule has 1 N–H and O–H groups in total. The van der Waals surface area contributed by atoms with E-state index in [2.05, 4.69) is 21.2 Å². The van der Waals surface area contributed by atoms with Crippen molar-refractivity contribution >= 4 is 33.4 Å². The van der Waals surface area contributed by atoms with E-state index < -0.39 is 0 Å². The van der Waals surface area contributed by atoms with Crippen molar-refractivity contribution in [1.82, 2.24) is 4.90 Å². The van der Waals surface area contributed by atoms with Crippen molar-refractivity contribution in [3.05, 3.63) is 64.6 Å². The van der Waals surface area contributed by atoms with E-state index in [1.165, 1.54) is 0 Å². The van der Waals surface area contributed by atoms with Crippen LogP contribution in [-0.2, 0) is 16.0 Å². The van der Waals surface area contributed by atoms with Gasteiger partial charge in [0.05, 0.1) is 0 Å². The maximum Gasteiger partial charge on any atom is 0.227 e. The van der Waals surface area contributed by atoms with Gasteiger partial charge < -0.3 is 10.2 Å². The predicted octanol–water partition coefficient (Wildman–Crippen LogP) is 4.26. The monoisotopic (exact) mass is 414 g/mol. The van der Waals surface area contributed by atoms with Gasteiger partial charge in [0, 0.05) is 35.6 Å². The molecule has 2 amide bonds. The van der Waals surface area contributed by atoms with Gasteiger partial charge in [0.25, 0.3) is 0 Å². The summed E-state index contributed by atoms with van der Waals surface area (Å²) in [5.41, 5.74) is 1.97. The van der Waals surface area contributed by atoms with Crippen LogP contribution in [0.3, 0.4) is 0 Å². The third-order valence-electron chi connectivity index (χ3n) is 4.83. The molecule has 1 saturated heterocycles. The molecule has 1 aliphatic heterocycles. The van der Waals surface area contributed by atoms with Crippen molar-refractivity contribution in [1.29, 1.82) is 0 Å². The highest BCUT2D eigenvalue weighted by molar-refractivity contribution is 9.10. The van der Waals surface area contributed by atoms with Crippen molar-refractivity contribution in [2.24, 2.45) is 5.92 Å². The average Bonchev–Trinajstić information content (AvgIpc) is 2.68. The maximum atomic E-state index is 12.5. The number of piperidine rings is 1. The van der Waals surface area contributed by atoms with Crippen LogP contribution in [0.2, 0.25) is 0 Å². The second-order valence-electron chi connectivity index (χ2n) is 6.60. The Labute approximate surface area is 162 Å². The molecule has 5 heteroatoms. The Bertz CT molecular complexity index is 756. The van der Waals surface area contributed by atoms with Gasteiger partial charge in [-0.2, -0.15) is 0 Å². The van der Waals surface area contributed by atoms with Crippen molar-refractivity contribution < 1.29 is 9.59 Å². The zero-order chi connectivity index (χ0) is 18.4. The first-order chi connectivity index (χ1) is 12.6. The van der Waals surface area contributed by atoms with Crippen LogP contribution in [0.25, 0.3) is 0 Å². The Balaban J connectivity index is 1.45. The van der Waals surface area contributed by atoms with E-state index in [0.29, 0.717) is 19.5 Å². The second-order valence-corrected chi connectivity index (χ2v) is 7.46. The highest BCUT2D eigenvalue weighted by Gasteiger charge is 2.27. The summed E-state index contributed by atoms with van der Waals surface area (Å²) in [6.45, 7) is 1.31. The van der Waals surface area contributed by atoms with Crippen LogP contribution < -0.4 is 5.32 Å². The summed E-state index contributed by atoms with van der Waals surface area (Å²) in [7, 11) is 0. The molecule has 136 valence electrons. The first-order valence-electron chi connectivity index (χ1n) is 9.00. The molecule has 1 heterocycles. The van der Waals surface area contributed by atoms with Gasteiger partial charge in [-0.15, -0.1) is 0 Å². The van der Waals surface area contributed by atoms with Gasteiger partial charge >= 0.3 is 0 Å². The number of hydrogen-bond donors (Lipinski definition) is 1. The molecule has 2 aromatic carbocycles. The number of carbonyl (C=O) groups excluding carboxylic acids is 2. The van der Waals surface area contributed by atoms with Crippen LogP contribution >= 0.6 is 15.9 Å². The number of aryl methyl sites for hydroxylation is 1. The minimum absolute atomic E-state index is 0.0254. The first-order valence-corrected chi connectivity index (χ1v) is 9.80. The van der Waals surface area contributed by atoms with E-state index in [9.17, 15) is 9.59 Å². The summed E-state index contributed by atoms with van der Waals surface area (Å²) in [6, 6.07) is 17.5. The Morgan fingerprint density at radius 3 is 2.35 bits per heavy atom. The normalized spacial score (nSPS) is 14.9. The Kier molecular flexibility index (Phi) is 6.45. The van der Waals surface area contributed by atoms with Gasteiger partial charge in [-0.25, -0.2) is 0 Å². The molecule has 0 atom stereocenters. The van der Waals surface area contributed by atoms with E-state index in [1.54, 1.807) is 0 Å². The van der Waals surface area contributed by atoms with Crippen LogP contribution in [0, 0.1) is 5.92 Å². The number of rotatable bonds is 5. The number of nitrogens with zero attached hydrogens (tertiary/aromatic N) is 1. The number of carbonyl (C=O) groups is 2. The number of anilines is 1. The average molecular weight is 415 g/mol. The maximum absolute atomic E-state index is 12.5. The fourth-order valence-corrected chi connectivity index (χ4v) is 3.74. The Hall–Kier alpha value is -2.14. The molecule has 0 aromatic heterocycles. The van der Waals surface area contributed by atoms with E-state index >= 15 is 0 Å². The minimum atomic E-state index is -0.0254. The largest absolute Gasteiger partial charge is 0.343 e. The molecule has 0 radical (unpaired) electrons. The van der Waals surface area contributed by atoms with Crippen LogP contribution in [-0.4, -0.2) is 29.8 Å². The van der Waals surface area contributed by atoms with Crippen LogP contribution in [0.15, 0.2) is 59.1 Å². The summed E-state index contributed by atoms with van der Waals surface area (Å²) in [6.07, 6.45) is 2.68. The topological polar surface area (TPSA) is 49.4 Å². The van der Waals surface area contributed by atoms with Crippen molar-refractivity contribution in [2.45, 2.75) is 25.7 Å². The van der Waals surface area contributed by atoms with Crippen molar-refractivity contribution in [3.63, 3.8) is 0 Å². The molecule has 2 aromatic rings. The number of benzene rings is 2. The zero-order valence-electron chi connectivity index (χ0n) is 14.7. The minimum Gasteiger partial charge on any atom is -0.343 e. The summed E-state index contributed by atoms with van der Waals surface area (Å²) >= 11 is 3.52. The van der Waals surface area contributed by atoms with Gasteiger partial charge in [-0.1, -0.05) is 52.3 Å². The molecule has 0 aliphatic carbocycles. The SMILES string of the molecule is O=C(Nc1ccccc1)C1CCN(C(=O)CCc2ccccc2Br)CC1. The standard InChI is InChI=1S/C21H23BrN2O2/c22-19-9-5-4-6-16(19)10-11-20(25)24-14-12-17(13-15-24)21(26)23-18-7-2-1-3-8-18/h1-9,17H,10-15H2,(H,23,26). The molecule has 0 unspecified atom stereocenters. The van der Waals surface area contributed by atoms with Crippen LogP contribution in [0.4, 0.5) is 5.69 Å². The quantitative estimate of drug-likeness (QED) is 0.794. The van der Waals surface area contributed by atoms with E-state index in [1.807, 2.05) is 59.5 Å². The molecule has 1 aliphatic rings. The molecular formula is C21H23BrN2O2. The number of para-hydroxylation sites is 1. The summed E-state index contributed by atoms with van der Waals surface area (Å²) < 4.78 is 1.05. The third kappa shape index (κ3) is 4.94. The van der Waals surface area contributed by atoms with E-state index in [4.69, 9.17) is 0 Å². The lowest BCUT2D eigenvalue weighted by molar-refractivity contribution is -0.134. The number of halogens is 1. The summed E-state index contributed by atoms with van der Waals surface area (Å²) in [5.74, 6) is 0.196. The number of likely N-dealkylation sites (tertiary alicyclic amines) is 1. The lowest BCUT2D eigenvalue weighted by Crippen LogP contribution is -2.41. The molecule has 0 saturated carbocycles. The number of amides is 2. The summed E-state index contributed by atoms with van der Waals surface area (Å²) in [5, 5.41) is 2.96. The molecule has 3 rings (SSSR count). The molecule has 0 spiro atoms. The second kappa shape index (κ2) is 8.99. The number of nitrogens with one attached hydrogen (secondary N) is 1. The molecule has 0 bridgehead atoms. The van der Waals surface area contributed by atoms with Crippen LogP contribution in [0.5, 0.6) is 0 Å². The zero-order valence-corrected chi connectivity index (χ0v) is 16.2. The van der Waals surface area contributed by atoms with Crippen LogP contribution in [0.1, 0.15) is 24.8 Å². The van der Waals surface area contributed by atoms with Crippen molar-refractivity contribution in [3.8, 4) is 0 Å². The highest BCUT2D eigenvalue weighted by atomic mass is 79.9. The fraction of sp³-hybridized carbons (Fsp3) is 0.333. The lowest BCUT2D eigenvalue weighted by Gasteiger charge is -2.31. The summed E-state index contributed by atoms with van der Waals surface area (Å²) in [4.78, 5) is 26.7. The smallest absolute Gasteiger partial charge is 0.227 e. The van der Waals surface area contributed by atoms with Crippen molar-refractivity contribution in [2.75, 3.05) is 18.4 Å². The first kappa shape index (κ1) is 18.6. The molecule has 26 heavy (non-hydrogen) atoms. The van der Waals surface area contributed by atoms with Gasteiger partial charge in [0.1, 0.15) is 0 Å². The van der Waals surface area contributed by atoms with Gasteiger partial charge in [-0.05, 0) is 43.0 Å². The third-order valence-corrected chi connectivity index (χ3v) is 5.60. The lowest BCUT2D eigenvalue weighted by atomic mass is 9.95. The number of hydrogen-bond acceptors (Lipinski definition) is 2. The van der Waals surface area contributed by atoms with E-state index in [-0.39, 0.29) is 17.7 Å².